The van der Waals surface area contributed by atoms with E-state index in [2.05, 4.69) is 5.32 Å². The molecule has 0 bridgehead atoms. The van der Waals surface area contributed by atoms with Crippen molar-refractivity contribution >= 4 is 5.97 Å². The number of aliphatic carboxylic acids is 1. The van der Waals surface area contributed by atoms with Gasteiger partial charge in [-0.3, -0.25) is 4.79 Å². The molecule has 6 nitrogen and oxygen atoms in total. The highest BCUT2D eigenvalue weighted by Gasteiger charge is 2.37. The van der Waals surface area contributed by atoms with Crippen molar-refractivity contribution in [3.8, 4) is 0 Å². The van der Waals surface area contributed by atoms with Crippen LogP contribution in [-0.2, 0) is 9.53 Å². The van der Waals surface area contributed by atoms with Crippen molar-refractivity contribution in [2.75, 3.05) is 26.3 Å². The van der Waals surface area contributed by atoms with Gasteiger partial charge in [0.25, 0.3) is 0 Å². The third-order valence-corrected chi connectivity index (χ3v) is 4.26. The van der Waals surface area contributed by atoms with Crippen LogP contribution in [0.2, 0.25) is 0 Å². The average molecular weight is 273 g/mol. The third kappa shape index (κ3) is 3.89. The second-order valence-corrected chi connectivity index (χ2v) is 5.97. The highest BCUT2D eigenvalue weighted by molar-refractivity contribution is 5.70. The van der Waals surface area contributed by atoms with Crippen LogP contribution in [0.4, 0.5) is 0 Å². The Kier molecular flexibility index (Phi) is 4.45. The molecule has 1 saturated carbocycles. The Hall–Kier alpha value is -0.690. The lowest BCUT2D eigenvalue weighted by Gasteiger charge is -2.35. The fraction of sp³-hybridized carbons (Fsp3) is 0.923. The van der Waals surface area contributed by atoms with Gasteiger partial charge in [-0.25, -0.2) is 0 Å². The minimum absolute atomic E-state index is 0.326. The van der Waals surface area contributed by atoms with Crippen LogP contribution in [0, 0.1) is 5.92 Å². The van der Waals surface area contributed by atoms with Gasteiger partial charge in [0, 0.05) is 26.1 Å². The van der Waals surface area contributed by atoms with E-state index < -0.39 is 17.2 Å². The van der Waals surface area contributed by atoms with Crippen molar-refractivity contribution in [2.45, 2.75) is 43.3 Å². The number of hydrogen-bond donors (Lipinski definition) is 4. The van der Waals surface area contributed by atoms with E-state index in [1.807, 2.05) is 0 Å². The normalized spacial score (nSPS) is 39.4. The molecular weight excluding hydrogens is 250 g/mol. The van der Waals surface area contributed by atoms with Gasteiger partial charge < -0.3 is 25.4 Å². The van der Waals surface area contributed by atoms with Crippen LogP contribution >= 0.6 is 0 Å². The molecule has 0 amide bonds. The Morgan fingerprint density at radius 1 is 1.16 bits per heavy atom. The molecule has 4 N–H and O–H groups in total. The predicted molar refractivity (Wildman–Crippen MR) is 67.8 cm³/mol. The lowest BCUT2D eigenvalue weighted by molar-refractivity contribution is -0.144. The van der Waals surface area contributed by atoms with Gasteiger partial charge in [-0.15, -0.1) is 0 Å². The summed E-state index contributed by atoms with van der Waals surface area (Å²) >= 11 is 0. The molecule has 0 aromatic rings. The first-order chi connectivity index (χ1) is 8.93. The lowest BCUT2D eigenvalue weighted by atomic mass is 9.78. The number of nitrogens with one attached hydrogen (secondary N) is 1. The highest BCUT2D eigenvalue weighted by Crippen LogP contribution is 2.32. The lowest BCUT2D eigenvalue weighted by Crippen LogP contribution is -2.49. The fourth-order valence-electron chi connectivity index (χ4n) is 2.84. The van der Waals surface area contributed by atoms with Crippen molar-refractivity contribution in [1.82, 2.24) is 5.32 Å². The topological polar surface area (TPSA) is 99.0 Å². The Labute approximate surface area is 112 Å². The number of carboxylic acid groups (broad SMARTS) is 1. The molecule has 1 aliphatic carbocycles. The first-order valence-corrected chi connectivity index (χ1v) is 6.89. The van der Waals surface area contributed by atoms with Gasteiger partial charge in [0.1, 0.15) is 5.60 Å². The second kappa shape index (κ2) is 5.75. The zero-order chi connectivity index (χ0) is 13.9. The van der Waals surface area contributed by atoms with Gasteiger partial charge in [-0.1, -0.05) is 0 Å². The summed E-state index contributed by atoms with van der Waals surface area (Å²) in [6.45, 7) is 1.70. The number of carbonyl (C=O) groups is 1. The molecule has 2 aliphatic rings. The Morgan fingerprint density at radius 3 is 2.32 bits per heavy atom. The van der Waals surface area contributed by atoms with E-state index >= 15 is 0 Å². The smallest absolute Gasteiger partial charge is 0.306 e. The minimum atomic E-state index is -0.845. The average Bonchev–Trinajstić information content (AvgIpc) is 2.76. The summed E-state index contributed by atoms with van der Waals surface area (Å²) in [5.74, 6) is -1.10. The SMILES string of the molecule is O=C(O)C1CCC(O)(CNCC2(O)CCOC2)CC1. The Balaban J connectivity index is 1.72. The van der Waals surface area contributed by atoms with Crippen LogP contribution in [0.3, 0.4) is 0 Å². The summed E-state index contributed by atoms with van der Waals surface area (Å²) in [6, 6.07) is 0. The van der Waals surface area contributed by atoms with Crippen LogP contribution < -0.4 is 5.32 Å². The Morgan fingerprint density at radius 2 is 1.79 bits per heavy atom. The van der Waals surface area contributed by atoms with Crippen molar-refractivity contribution in [2.24, 2.45) is 5.92 Å². The van der Waals surface area contributed by atoms with Crippen molar-refractivity contribution in [3.05, 3.63) is 0 Å². The first kappa shape index (κ1) is 14.7. The van der Waals surface area contributed by atoms with Crippen LogP contribution in [0.1, 0.15) is 32.1 Å². The minimum Gasteiger partial charge on any atom is -0.481 e. The molecule has 1 saturated heterocycles. The van der Waals surface area contributed by atoms with Crippen LogP contribution in [0.5, 0.6) is 0 Å². The monoisotopic (exact) mass is 273 g/mol. The number of hydrogen-bond acceptors (Lipinski definition) is 5. The van der Waals surface area contributed by atoms with Crippen molar-refractivity contribution < 1.29 is 24.9 Å². The van der Waals surface area contributed by atoms with Gasteiger partial charge in [-0.05, 0) is 25.7 Å². The molecule has 1 aliphatic heterocycles. The number of rotatable bonds is 5. The zero-order valence-electron chi connectivity index (χ0n) is 11.1. The van der Waals surface area contributed by atoms with E-state index in [1.165, 1.54) is 0 Å². The number of ether oxygens (including phenoxy) is 1. The van der Waals surface area contributed by atoms with E-state index in [9.17, 15) is 15.0 Å². The molecule has 0 spiro atoms. The van der Waals surface area contributed by atoms with Gasteiger partial charge >= 0.3 is 5.97 Å². The maximum absolute atomic E-state index is 10.9. The van der Waals surface area contributed by atoms with Crippen molar-refractivity contribution in [1.29, 1.82) is 0 Å². The molecule has 1 unspecified atom stereocenters. The number of carboxylic acids is 1. The maximum Gasteiger partial charge on any atom is 0.306 e. The second-order valence-electron chi connectivity index (χ2n) is 5.97. The molecule has 0 aromatic carbocycles. The summed E-state index contributed by atoms with van der Waals surface area (Å²) in [5, 5.41) is 32.4. The van der Waals surface area contributed by atoms with Gasteiger partial charge in [0.05, 0.1) is 18.1 Å². The molecule has 1 atom stereocenters. The molecule has 2 rings (SSSR count). The van der Waals surface area contributed by atoms with E-state index in [-0.39, 0.29) is 5.92 Å². The molecule has 2 fully saturated rings. The summed E-state index contributed by atoms with van der Waals surface area (Å²) in [5.41, 5.74) is -1.67. The largest absolute Gasteiger partial charge is 0.481 e. The van der Waals surface area contributed by atoms with Gasteiger partial charge in [0.2, 0.25) is 0 Å². The number of aliphatic hydroxyl groups is 2. The molecule has 110 valence electrons. The molecular formula is C13H23NO5. The standard InChI is InChI=1S/C13H23NO5/c15-11(16)10-1-3-12(17,4-2-10)7-14-8-13(18)5-6-19-9-13/h10,14,17-18H,1-9H2,(H,15,16). The van der Waals surface area contributed by atoms with Crippen molar-refractivity contribution in [3.63, 3.8) is 0 Å². The molecule has 19 heavy (non-hydrogen) atoms. The van der Waals surface area contributed by atoms with E-state index in [0.29, 0.717) is 58.4 Å². The summed E-state index contributed by atoms with van der Waals surface area (Å²) < 4.78 is 5.15. The first-order valence-electron chi connectivity index (χ1n) is 6.89. The van der Waals surface area contributed by atoms with E-state index in [4.69, 9.17) is 9.84 Å². The molecule has 0 radical (unpaired) electrons. The van der Waals surface area contributed by atoms with Crippen LogP contribution in [0.15, 0.2) is 0 Å². The quantitative estimate of drug-likeness (QED) is 0.550. The van der Waals surface area contributed by atoms with Crippen LogP contribution in [0.25, 0.3) is 0 Å². The van der Waals surface area contributed by atoms with E-state index in [0.717, 1.165) is 0 Å². The molecule has 6 heteroatoms. The van der Waals surface area contributed by atoms with E-state index in [1.54, 1.807) is 0 Å². The highest BCUT2D eigenvalue weighted by atomic mass is 16.5. The van der Waals surface area contributed by atoms with Crippen LogP contribution in [-0.4, -0.2) is 58.8 Å². The summed E-state index contributed by atoms with van der Waals surface area (Å²) in [4.78, 5) is 10.9. The maximum atomic E-state index is 10.9. The Bertz CT molecular complexity index is 319. The summed E-state index contributed by atoms with van der Waals surface area (Å²) in [6.07, 6.45) is 2.62. The predicted octanol–water partition coefficient (Wildman–Crippen LogP) is -0.267. The van der Waals surface area contributed by atoms with Gasteiger partial charge in [-0.2, -0.15) is 0 Å². The van der Waals surface area contributed by atoms with Gasteiger partial charge in [0.15, 0.2) is 0 Å². The molecule has 0 aromatic heterocycles. The summed E-state index contributed by atoms with van der Waals surface area (Å²) in [7, 11) is 0. The molecule has 1 heterocycles. The fourth-order valence-corrected chi connectivity index (χ4v) is 2.84. The third-order valence-electron chi connectivity index (χ3n) is 4.26. The zero-order valence-corrected chi connectivity index (χ0v) is 11.1.